The zero-order valence-electron chi connectivity index (χ0n) is 11.7. The van der Waals surface area contributed by atoms with Crippen molar-refractivity contribution in [1.29, 1.82) is 0 Å². The Morgan fingerprint density at radius 3 is 2.75 bits per heavy atom. The van der Waals surface area contributed by atoms with E-state index in [2.05, 4.69) is 12.2 Å². The maximum absolute atomic E-state index is 11.8. The highest BCUT2D eigenvalue weighted by molar-refractivity contribution is 7.84. The van der Waals surface area contributed by atoms with Crippen molar-refractivity contribution in [2.24, 2.45) is 0 Å². The van der Waals surface area contributed by atoms with E-state index in [0.29, 0.717) is 35.0 Å². The number of anilines is 2. The van der Waals surface area contributed by atoms with E-state index >= 15 is 0 Å². The Morgan fingerprint density at radius 1 is 1.35 bits per heavy atom. The fourth-order valence-corrected chi connectivity index (χ4v) is 3.10. The number of rotatable bonds is 8. The normalized spacial score (nSPS) is 12.1. The molecule has 20 heavy (non-hydrogen) atoms. The Kier molecular flexibility index (Phi) is 7.62. The number of benzene rings is 1. The van der Waals surface area contributed by atoms with Crippen molar-refractivity contribution in [1.82, 2.24) is 0 Å². The van der Waals surface area contributed by atoms with Gasteiger partial charge >= 0.3 is 0 Å². The molecule has 1 aromatic rings. The molecule has 1 atom stereocenters. The molecule has 0 aliphatic rings. The molecule has 0 aromatic heterocycles. The van der Waals surface area contributed by atoms with Crippen LogP contribution in [0, 0.1) is 0 Å². The molecule has 0 bridgehead atoms. The lowest BCUT2D eigenvalue weighted by Gasteiger charge is -2.08. The fourth-order valence-electron chi connectivity index (χ4n) is 1.65. The van der Waals surface area contributed by atoms with Crippen LogP contribution in [0.4, 0.5) is 11.4 Å². The predicted octanol–water partition coefficient (Wildman–Crippen LogP) is 3.19. The van der Waals surface area contributed by atoms with E-state index in [1.165, 1.54) is 0 Å². The minimum absolute atomic E-state index is 0.133. The summed E-state index contributed by atoms with van der Waals surface area (Å²) in [6.45, 7) is 2.07. The van der Waals surface area contributed by atoms with Crippen molar-refractivity contribution in [2.75, 3.05) is 22.6 Å². The second-order valence-electron chi connectivity index (χ2n) is 4.58. The first kappa shape index (κ1) is 17.0. The molecule has 0 saturated carbocycles. The van der Waals surface area contributed by atoms with Gasteiger partial charge in [-0.15, -0.1) is 0 Å². The molecule has 112 valence electrons. The zero-order chi connectivity index (χ0) is 15.0. The summed E-state index contributed by atoms with van der Waals surface area (Å²) in [7, 11) is -0.817. The van der Waals surface area contributed by atoms with Crippen LogP contribution in [0.25, 0.3) is 0 Å². The second kappa shape index (κ2) is 8.97. The number of nitrogens with one attached hydrogen (secondary N) is 1. The number of hydrogen-bond acceptors (Lipinski definition) is 3. The van der Waals surface area contributed by atoms with Crippen LogP contribution in [0.3, 0.4) is 0 Å². The van der Waals surface area contributed by atoms with Crippen molar-refractivity contribution in [2.45, 2.75) is 32.6 Å². The topological polar surface area (TPSA) is 72.2 Å². The molecule has 0 heterocycles. The predicted molar refractivity (Wildman–Crippen MR) is 86.5 cm³/mol. The lowest BCUT2D eigenvalue weighted by atomic mass is 10.2. The molecule has 6 heteroatoms. The zero-order valence-corrected chi connectivity index (χ0v) is 13.2. The smallest absolute Gasteiger partial charge is 0.224 e. The van der Waals surface area contributed by atoms with Crippen LogP contribution in [0.5, 0.6) is 0 Å². The van der Waals surface area contributed by atoms with E-state index in [9.17, 15) is 9.00 Å². The van der Waals surface area contributed by atoms with Crippen molar-refractivity contribution in [3.63, 3.8) is 0 Å². The van der Waals surface area contributed by atoms with Gasteiger partial charge in [0.2, 0.25) is 5.91 Å². The average Bonchev–Trinajstić information content (AvgIpc) is 2.40. The van der Waals surface area contributed by atoms with Crippen molar-refractivity contribution in [3.8, 4) is 0 Å². The molecular formula is C14H21ClN2O2S. The van der Waals surface area contributed by atoms with Gasteiger partial charge in [0.15, 0.2) is 0 Å². The minimum Gasteiger partial charge on any atom is -0.397 e. The summed E-state index contributed by atoms with van der Waals surface area (Å²) >= 11 is 5.85. The van der Waals surface area contributed by atoms with Crippen LogP contribution >= 0.6 is 11.6 Å². The Hall–Kier alpha value is -1.07. The summed E-state index contributed by atoms with van der Waals surface area (Å²) < 4.78 is 11.6. The van der Waals surface area contributed by atoms with Gasteiger partial charge in [0, 0.05) is 33.7 Å². The molecular weight excluding hydrogens is 296 g/mol. The summed E-state index contributed by atoms with van der Waals surface area (Å²) in [6, 6.07) is 4.94. The first-order chi connectivity index (χ1) is 9.52. The molecule has 1 aromatic carbocycles. The fraction of sp³-hybridized carbons (Fsp3) is 0.500. The Morgan fingerprint density at radius 2 is 2.05 bits per heavy atom. The van der Waals surface area contributed by atoms with E-state index in [0.717, 1.165) is 18.6 Å². The van der Waals surface area contributed by atoms with Crippen LogP contribution in [0.2, 0.25) is 5.02 Å². The Bertz CT molecular complexity index is 480. The first-order valence-electron chi connectivity index (χ1n) is 6.72. The standard InChI is InChI=1S/C14H21ClN2O2S/c1-2-3-8-20(19)9-4-5-14(18)17-13-10-11(15)6-7-12(13)16/h6-7,10H,2-5,8-9,16H2,1H3,(H,17,18). The number of unbranched alkanes of at least 4 members (excludes halogenated alkanes) is 1. The molecule has 1 unspecified atom stereocenters. The van der Waals surface area contributed by atoms with Gasteiger partial charge in [-0.25, -0.2) is 0 Å². The summed E-state index contributed by atoms with van der Waals surface area (Å²) in [5.41, 5.74) is 6.75. The molecule has 0 radical (unpaired) electrons. The summed E-state index contributed by atoms with van der Waals surface area (Å²) in [5.74, 6) is 1.16. The van der Waals surface area contributed by atoms with Gasteiger partial charge in [-0.05, 0) is 31.0 Å². The molecule has 0 spiro atoms. The molecule has 0 aliphatic carbocycles. The lowest BCUT2D eigenvalue weighted by Crippen LogP contribution is -2.14. The van der Waals surface area contributed by atoms with Crippen LogP contribution in [0.15, 0.2) is 18.2 Å². The second-order valence-corrected chi connectivity index (χ2v) is 6.72. The Balaban J connectivity index is 2.33. The van der Waals surface area contributed by atoms with Crippen molar-refractivity contribution in [3.05, 3.63) is 23.2 Å². The third kappa shape index (κ3) is 6.39. The molecule has 0 saturated heterocycles. The summed E-state index contributed by atoms with van der Waals surface area (Å²) in [5, 5.41) is 3.24. The SMILES string of the molecule is CCCCS(=O)CCCC(=O)Nc1cc(Cl)ccc1N. The van der Waals surface area contributed by atoms with Crippen LogP contribution in [-0.2, 0) is 15.6 Å². The minimum atomic E-state index is -0.817. The van der Waals surface area contributed by atoms with Gasteiger partial charge in [0.25, 0.3) is 0 Å². The molecule has 1 amide bonds. The number of halogens is 1. The average molecular weight is 317 g/mol. The third-order valence-corrected chi connectivity index (χ3v) is 4.51. The van der Waals surface area contributed by atoms with Crippen molar-refractivity contribution < 1.29 is 9.00 Å². The maximum atomic E-state index is 11.8. The van der Waals surface area contributed by atoms with E-state index < -0.39 is 10.8 Å². The van der Waals surface area contributed by atoms with Crippen LogP contribution in [-0.4, -0.2) is 21.6 Å². The number of nitrogen functional groups attached to an aromatic ring is 1. The van der Waals surface area contributed by atoms with Gasteiger partial charge in [-0.3, -0.25) is 9.00 Å². The van der Waals surface area contributed by atoms with Crippen molar-refractivity contribution >= 4 is 39.7 Å². The van der Waals surface area contributed by atoms with E-state index in [-0.39, 0.29) is 5.91 Å². The number of hydrogen-bond donors (Lipinski definition) is 2. The number of carbonyl (C=O) groups excluding carboxylic acids is 1. The molecule has 0 fully saturated rings. The molecule has 4 nitrogen and oxygen atoms in total. The highest BCUT2D eigenvalue weighted by atomic mass is 35.5. The van der Waals surface area contributed by atoms with E-state index in [1.807, 2.05) is 0 Å². The van der Waals surface area contributed by atoms with Gasteiger partial charge in [-0.2, -0.15) is 0 Å². The van der Waals surface area contributed by atoms with Gasteiger partial charge in [-0.1, -0.05) is 24.9 Å². The largest absolute Gasteiger partial charge is 0.397 e. The Labute approximate surface area is 127 Å². The van der Waals surface area contributed by atoms with Crippen LogP contribution < -0.4 is 11.1 Å². The molecule has 0 aliphatic heterocycles. The highest BCUT2D eigenvalue weighted by Crippen LogP contribution is 2.23. The molecule has 3 N–H and O–H groups in total. The van der Waals surface area contributed by atoms with Crippen LogP contribution in [0.1, 0.15) is 32.6 Å². The van der Waals surface area contributed by atoms with E-state index in [1.54, 1.807) is 18.2 Å². The quantitative estimate of drug-likeness (QED) is 0.723. The number of carbonyl (C=O) groups is 1. The highest BCUT2D eigenvalue weighted by Gasteiger charge is 2.07. The number of amides is 1. The first-order valence-corrected chi connectivity index (χ1v) is 8.59. The van der Waals surface area contributed by atoms with Gasteiger partial charge < -0.3 is 11.1 Å². The summed E-state index contributed by atoms with van der Waals surface area (Å²) in [6.07, 6.45) is 2.96. The van der Waals surface area contributed by atoms with E-state index in [4.69, 9.17) is 17.3 Å². The third-order valence-electron chi connectivity index (χ3n) is 2.79. The molecule has 1 rings (SSSR count). The lowest BCUT2D eigenvalue weighted by molar-refractivity contribution is -0.116. The van der Waals surface area contributed by atoms with Gasteiger partial charge in [0.05, 0.1) is 11.4 Å². The van der Waals surface area contributed by atoms with Gasteiger partial charge in [0.1, 0.15) is 0 Å². The maximum Gasteiger partial charge on any atom is 0.224 e. The monoisotopic (exact) mass is 316 g/mol. The number of nitrogens with two attached hydrogens (primary N) is 1. The summed E-state index contributed by atoms with van der Waals surface area (Å²) in [4.78, 5) is 11.8.